The molecule has 0 aromatic carbocycles. The Kier molecular flexibility index (Phi) is 6560. The van der Waals surface area contributed by atoms with Crippen molar-refractivity contribution in [3.05, 3.63) is 19.9 Å². The topological polar surface area (TPSA) is 140 Å². The first-order valence-electron chi connectivity index (χ1n) is 0.533. The summed E-state index contributed by atoms with van der Waals surface area (Å²) in [6.07, 6.45) is 0. The van der Waals surface area contributed by atoms with E-state index in [1.54, 1.807) is 0 Å². The van der Waals surface area contributed by atoms with Crippen molar-refractivity contribution in [2.24, 2.45) is 0 Å². The molecule has 0 radical (unpaired) electrons. The maximum Gasteiger partial charge on any atom is 0 e. The van der Waals surface area contributed by atoms with Gasteiger partial charge in [-0.05, 0) is 0 Å². The van der Waals surface area contributed by atoms with Gasteiger partial charge in [0.05, 0.1) is 0 Å². The van der Waals surface area contributed by atoms with Gasteiger partial charge >= 0.3 is 0 Å². The Morgan fingerprint density at radius 1 is 0.600 bits per heavy atom. The minimum Gasteiger partial charge on any atom is -0.412 e. The van der Waals surface area contributed by atoms with Crippen molar-refractivity contribution in [1.29, 1.82) is 0 Å². The summed E-state index contributed by atoms with van der Waals surface area (Å²) in [7, 11) is 0. The zero-order valence-electron chi connectivity index (χ0n) is 3.03. The molecule has 0 amide bonds. The van der Waals surface area contributed by atoms with Crippen molar-refractivity contribution in [2.45, 2.75) is 22.3 Å². The first-order chi connectivity index (χ1) is 3.00. The summed E-state index contributed by atoms with van der Waals surface area (Å²) >= 11 is 0. The van der Waals surface area contributed by atoms with Gasteiger partial charge in [-0.3, -0.25) is 10.5 Å². The molecule has 0 aliphatic carbocycles. The fourth-order valence-electron chi connectivity index (χ4n) is 0. The first kappa shape index (κ1) is 137. The van der Waals surface area contributed by atoms with Crippen LogP contribution in [0.5, 0.6) is 0 Å². The van der Waals surface area contributed by atoms with E-state index in [4.69, 9.17) is 30.4 Å². The van der Waals surface area contributed by atoms with Gasteiger partial charge in [0.25, 0.3) is 0 Å². The van der Waals surface area contributed by atoms with Crippen LogP contribution >= 0.6 is 0 Å². The molecule has 0 aliphatic heterocycles. The van der Waals surface area contributed by atoms with Crippen molar-refractivity contribution in [3.63, 3.8) is 0 Å². The summed E-state index contributed by atoms with van der Waals surface area (Å²) in [5.41, 5.74) is 0. The summed E-state index contributed by atoms with van der Waals surface area (Å²) in [6, 6.07) is 0. The van der Waals surface area contributed by atoms with Crippen LogP contribution in [0.3, 0.4) is 0 Å². The van der Waals surface area contributed by atoms with Crippen molar-refractivity contribution in [2.75, 3.05) is 0 Å². The van der Waals surface area contributed by atoms with Gasteiger partial charge in [0.1, 0.15) is 0 Å². The molecule has 0 fully saturated rings. The maximum absolute atomic E-state index is 7.00. The molecule has 0 unspecified atom stereocenters. The van der Waals surface area contributed by atoms with Crippen molar-refractivity contribution >= 4 is 0 Å². The van der Waals surface area contributed by atoms with Crippen LogP contribution in [0.1, 0.15) is 22.3 Å². The summed E-state index contributed by atoms with van der Waals surface area (Å²) < 4.78 is 0. The molecule has 0 spiro atoms. The van der Waals surface area contributed by atoms with Crippen LogP contribution in [0, 0.1) is 19.9 Å². The average molecular weight is 164 g/mol. The number of rotatable bonds is 0. The molecule has 0 rings (SSSR count). The van der Waals surface area contributed by atoms with Gasteiger partial charge in [0.15, 0.2) is 0 Å². The third-order valence-electron chi connectivity index (χ3n) is 0. The second-order valence-electron chi connectivity index (χ2n) is 0. The van der Waals surface area contributed by atoms with E-state index in [0.29, 0.717) is 0 Å². The van der Waals surface area contributed by atoms with Crippen LogP contribution in [-0.2, 0) is 0 Å². The lowest BCUT2D eigenvalue weighted by molar-refractivity contribution is -0.176. The molecule has 0 bridgehead atoms. The minimum absolute atomic E-state index is 0. The highest BCUT2D eigenvalue weighted by Gasteiger charge is 0.746. The van der Waals surface area contributed by atoms with E-state index in [9.17, 15) is 0 Å². The van der Waals surface area contributed by atoms with E-state index < -0.39 is 0 Å². The highest BCUT2D eigenvalue weighted by atomic mass is 17.0. The molecule has 0 aromatic heterocycles. The lowest BCUT2D eigenvalue weighted by Crippen LogP contribution is -1.29. The molecule has 7 nitrogen and oxygen atoms in total. The molecule has 70 valence electrons. The molecule has 10 heavy (non-hydrogen) atoms. The molecule has 4 N–H and O–H groups in total. The van der Waals surface area contributed by atoms with E-state index in [0.717, 1.165) is 0 Å². The van der Waals surface area contributed by atoms with Gasteiger partial charge in [0, 0.05) is 19.9 Å². The van der Waals surface area contributed by atoms with Crippen LogP contribution in [-0.4, -0.2) is 16.0 Å². The van der Waals surface area contributed by atoms with Crippen LogP contribution in [0.4, 0.5) is 0 Å². The second-order valence-corrected chi connectivity index (χ2v) is 0. The van der Waals surface area contributed by atoms with Gasteiger partial charge in [0.2, 0.25) is 0 Å². The van der Waals surface area contributed by atoms with Crippen LogP contribution in [0.2, 0.25) is 0 Å². The van der Waals surface area contributed by atoms with Gasteiger partial charge in [-0.1, -0.05) is 22.3 Å². The summed E-state index contributed by atoms with van der Waals surface area (Å²) in [5.74, 6) is 0. The monoisotopic (exact) mass is 164 g/mol. The molecule has 0 saturated heterocycles. The standard InChI is InChI=1S/3CH4.H2O2.2O2.H2O/c;;;3*1-2;/h3*1H4;1-2H;;;1H2. The fourth-order valence-corrected chi connectivity index (χ4v) is 0. The predicted octanol–water partition coefficient (Wildman–Crippen LogP) is 1.24. The molecule has 7 heteroatoms. The van der Waals surface area contributed by atoms with Crippen molar-refractivity contribution in [1.82, 2.24) is 0 Å². The minimum atomic E-state index is 0. The Balaban J connectivity index is -0.00000000225. The van der Waals surface area contributed by atoms with Gasteiger partial charge < -0.3 is 5.48 Å². The third-order valence-corrected chi connectivity index (χ3v) is 0. The van der Waals surface area contributed by atoms with E-state index in [2.05, 4.69) is 0 Å². The van der Waals surface area contributed by atoms with Crippen LogP contribution < -0.4 is 0 Å². The van der Waals surface area contributed by atoms with Crippen LogP contribution in [0.15, 0.2) is 0 Å². The van der Waals surface area contributed by atoms with Gasteiger partial charge in [-0.2, -0.15) is 0 Å². The molecular formula is C3H16O7. The summed E-state index contributed by atoms with van der Waals surface area (Å²) in [6.45, 7) is 0. The van der Waals surface area contributed by atoms with Gasteiger partial charge in [-0.15, -0.1) is 0 Å². The zero-order valence-corrected chi connectivity index (χ0v) is 3.03. The average Bonchev–Trinajstić information content (AvgIpc) is 1.81. The highest BCUT2D eigenvalue weighted by molar-refractivity contribution is 4.08. The predicted molar refractivity (Wildman–Crippen MR) is 42.5 cm³/mol. The fraction of sp³-hybridized carbons (Fsp3) is 1.00. The van der Waals surface area contributed by atoms with E-state index in [1.165, 1.54) is 0 Å². The number of hydrogen-bond donors (Lipinski definition) is 2. The largest absolute Gasteiger partial charge is 0.412 e. The maximum atomic E-state index is 7.00. The van der Waals surface area contributed by atoms with Gasteiger partial charge in [-0.25, -0.2) is 0 Å². The zero-order chi connectivity index (χ0) is 6.00. The first-order valence-corrected chi connectivity index (χ1v) is 0.533. The normalized spacial score (nSPS) is 1.40. The van der Waals surface area contributed by atoms with E-state index in [-0.39, 0.29) is 27.8 Å². The summed E-state index contributed by atoms with van der Waals surface area (Å²) in [4.78, 5) is 28.0. The lowest BCUT2D eigenvalue weighted by atomic mass is 12.0. The van der Waals surface area contributed by atoms with Crippen molar-refractivity contribution in [3.8, 4) is 0 Å². The van der Waals surface area contributed by atoms with Crippen molar-refractivity contribution < 1.29 is 16.0 Å². The van der Waals surface area contributed by atoms with E-state index >= 15 is 0 Å². The Morgan fingerprint density at radius 3 is 0.600 bits per heavy atom. The Hall–Kier alpha value is -0.920. The number of hydrogen-bond acceptors (Lipinski definition) is 6. The van der Waals surface area contributed by atoms with Crippen LogP contribution in [0.25, 0.3) is 0 Å². The Bertz CT molecular complexity index is 10.8. The molecule has 0 saturated carbocycles. The quantitative estimate of drug-likeness (QED) is 0.407. The lowest BCUT2D eigenvalue weighted by Gasteiger charge is -1.25. The molecule has 0 aromatic rings. The summed E-state index contributed by atoms with van der Waals surface area (Å²) in [5, 5.41) is 12.0. The smallest absolute Gasteiger partial charge is 0 e. The molecule has 0 heterocycles. The molecule has 0 atom stereocenters. The second kappa shape index (κ2) is 479. The SMILES string of the molecule is C.C.C.O.O=O.O=O.OO. The molecular weight excluding hydrogens is 148 g/mol. The highest BCUT2D eigenvalue weighted by Crippen LogP contribution is 0.743. The third kappa shape index (κ3) is 309. The molecule has 0 aliphatic rings. The van der Waals surface area contributed by atoms with E-state index in [1.807, 2.05) is 0 Å². The Labute approximate surface area is 59.4 Å². The Morgan fingerprint density at radius 2 is 0.600 bits per heavy atom.